The quantitative estimate of drug-likeness (QED) is 0.522. The standard InChI is InChI=1S/C10H16O4S.C7H15OS/c1-9(2)7-3-4-10(9,8(11)5-7)6-15(12,13)14;1-4-9(5-2)6-7(3)8/h7H,3-6H2,1-2H3,(H,12,13,14);4-6H2,1-3H3/q;+1/p-1. The van der Waals surface area contributed by atoms with Crippen LogP contribution >= 0.6 is 0 Å². The van der Waals surface area contributed by atoms with Crippen LogP contribution < -0.4 is 0 Å². The van der Waals surface area contributed by atoms with Gasteiger partial charge in [-0.15, -0.1) is 0 Å². The van der Waals surface area contributed by atoms with Gasteiger partial charge < -0.3 is 4.55 Å². The normalized spacial score (nSPS) is 28.0. The van der Waals surface area contributed by atoms with E-state index in [1.54, 1.807) is 6.92 Å². The molecule has 2 aliphatic carbocycles. The molecule has 0 aromatic heterocycles. The molecule has 2 aliphatic rings. The molecule has 0 heterocycles. The number of Topliss-reactive ketones (excluding diaryl/α,β-unsaturated/α-hetero) is 2. The summed E-state index contributed by atoms with van der Waals surface area (Å²) in [6, 6.07) is 0. The van der Waals surface area contributed by atoms with Crippen LogP contribution in [0.5, 0.6) is 0 Å². The largest absolute Gasteiger partial charge is 0.748 e. The Hall–Kier alpha value is -0.400. The lowest BCUT2D eigenvalue weighted by Crippen LogP contribution is -2.42. The summed E-state index contributed by atoms with van der Waals surface area (Å²) in [6.45, 7) is 9.80. The summed E-state index contributed by atoms with van der Waals surface area (Å²) in [5.41, 5.74) is -1.22. The molecule has 0 spiro atoms. The van der Waals surface area contributed by atoms with Gasteiger partial charge in [-0.2, -0.15) is 0 Å². The minimum atomic E-state index is -4.33. The zero-order valence-corrected chi connectivity index (χ0v) is 17.0. The highest BCUT2D eigenvalue weighted by Crippen LogP contribution is 2.64. The fourth-order valence-corrected chi connectivity index (χ4v) is 6.78. The maximum absolute atomic E-state index is 11.8. The molecule has 7 heteroatoms. The van der Waals surface area contributed by atoms with E-state index in [1.807, 2.05) is 13.8 Å². The van der Waals surface area contributed by atoms with Crippen molar-refractivity contribution in [2.75, 3.05) is 23.0 Å². The number of fused-ring (bicyclic) bond motifs is 2. The predicted octanol–water partition coefficient (Wildman–Crippen LogP) is 2.16. The first-order chi connectivity index (χ1) is 10.9. The van der Waals surface area contributed by atoms with Crippen molar-refractivity contribution < 1.29 is 22.6 Å². The molecule has 2 fully saturated rings. The van der Waals surface area contributed by atoms with Crippen LogP contribution in [0.1, 0.15) is 53.9 Å². The molecule has 2 saturated carbocycles. The lowest BCUT2D eigenvalue weighted by atomic mass is 9.70. The highest BCUT2D eigenvalue weighted by Gasteiger charge is 2.64. The Morgan fingerprint density at radius 2 is 1.83 bits per heavy atom. The van der Waals surface area contributed by atoms with Gasteiger partial charge in [0, 0.05) is 11.8 Å². The van der Waals surface area contributed by atoms with Gasteiger partial charge >= 0.3 is 0 Å². The van der Waals surface area contributed by atoms with Crippen LogP contribution in [-0.4, -0.2) is 47.5 Å². The predicted molar refractivity (Wildman–Crippen MR) is 97.1 cm³/mol. The van der Waals surface area contributed by atoms with Crippen molar-refractivity contribution in [1.29, 1.82) is 0 Å². The van der Waals surface area contributed by atoms with E-state index in [4.69, 9.17) is 0 Å². The monoisotopic (exact) mass is 378 g/mol. The number of rotatable bonds is 6. The van der Waals surface area contributed by atoms with Crippen LogP contribution in [0.3, 0.4) is 0 Å². The van der Waals surface area contributed by atoms with Crippen molar-refractivity contribution in [3.05, 3.63) is 0 Å². The first kappa shape index (κ1) is 21.6. The van der Waals surface area contributed by atoms with Crippen LogP contribution in [0, 0.1) is 16.7 Å². The number of ketones is 2. The van der Waals surface area contributed by atoms with Gasteiger partial charge in [0.05, 0.1) is 15.9 Å². The van der Waals surface area contributed by atoms with Crippen LogP contribution in [0.15, 0.2) is 0 Å². The molecule has 140 valence electrons. The van der Waals surface area contributed by atoms with E-state index in [1.165, 1.54) is 0 Å². The average molecular weight is 379 g/mol. The number of hydrogen-bond acceptors (Lipinski definition) is 5. The molecule has 24 heavy (non-hydrogen) atoms. The van der Waals surface area contributed by atoms with Gasteiger partial charge in [0.25, 0.3) is 0 Å². The third kappa shape index (κ3) is 4.61. The summed E-state index contributed by atoms with van der Waals surface area (Å²) in [7, 11) is -3.94. The van der Waals surface area contributed by atoms with Crippen LogP contribution in [-0.2, 0) is 30.6 Å². The van der Waals surface area contributed by atoms with E-state index >= 15 is 0 Å². The molecule has 0 saturated heterocycles. The molecular formula is C17H30O5S2. The van der Waals surface area contributed by atoms with E-state index in [0.717, 1.165) is 23.7 Å². The molecule has 0 amide bonds. The summed E-state index contributed by atoms with van der Waals surface area (Å²) in [5.74, 6) is 3.18. The van der Waals surface area contributed by atoms with Crippen molar-refractivity contribution >= 4 is 32.6 Å². The summed E-state index contributed by atoms with van der Waals surface area (Å²) in [5, 5.41) is 0. The lowest BCUT2D eigenvalue weighted by molar-refractivity contribution is -0.128. The van der Waals surface area contributed by atoms with Gasteiger partial charge in [-0.25, -0.2) is 8.42 Å². The van der Waals surface area contributed by atoms with Gasteiger partial charge in [0.2, 0.25) is 0 Å². The molecule has 5 nitrogen and oxygen atoms in total. The lowest BCUT2D eigenvalue weighted by Gasteiger charge is -2.37. The molecule has 0 aromatic rings. The fourth-order valence-electron chi connectivity index (χ4n) is 4.11. The van der Waals surface area contributed by atoms with E-state index in [-0.39, 0.29) is 17.1 Å². The summed E-state index contributed by atoms with van der Waals surface area (Å²) < 4.78 is 32.7. The van der Waals surface area contributed by atoms with Crippen LogP contribution in [0.25, 0.3) is 0 Å². The van der Waals surface area contributed by atoms with Gasteiger partial charge in [0.1, 0.15) is 17.3 Å². The second-order valence-electron chi connectivity index (χ2n) is 7.40. The molecule has 2 rings (SSSR count). The highest BCUT2D eigenvalue weighted by molar-refractivity contribution is 7.97. The third-order valence-corrected chi connectivity index (χ3v) is 9.08. The molecule has 0 radical (unpaired) electrons. The Morgan fingerprint density at radius 3 is 2.08 bits per heavy atom. The zero-order chi connectivity index (χ0) is 18.8. The van der Waals surface area contributed by atoms with E-state index < -0.39 is 21.3 Å². The number of carbonyl (C=O) groups is 2. The summed E-state index contributed by atoms with van der Waals surface area (Å²) in [6.07, 6.45) is 1.88. The summed E-state index contributed by atoms with van der Waals surface area (Å²) >= 11 is 0. The molecular weight excluding hydrogens is 348 g/mol. The van der Waals surface area contributed by atoms with Crippen molar-refractivity contribution in [2.45, 2.75) is 53.9 Å². The first-order valence-corrected chi connectivity index (χ1v) is 11.8. The smallest absolute Gasteiger partial charge is 0.178 e. The van der Waals surface area contributed by atoms with Gasteiger partial charge in [0.15, 0.2) is 11.5 Å². The summed E-state index contributed by atoms with van der Waals surface area (Å²) in [4.78, 5) is 22.4. The van der Waals surface area contributed by atoms with Crippen molar-refractivity contribution in [2.24, 2.45) is 16.7 Å². The second-order valence-corrected chi connectivity index (χ2v) is 11.5. The van der Waals surface area contributed by atoms with Crippen LogP contribution in [0.2, 0.25) is 0 Å². The molecule has 2 unspecified atom stereocenters. The van der Waals surface area contributed by atoms with Gasteiger partial charge in [-0.1, -0.05) is 13.8 Å². The molecule has 0 aliphatic heterocycles. The number of hydrogen-bond donors (Lipinski definition) is 0. The van der Waals surface area contributed by atoms with E-state index in [0.29, 0.717) is 29.5 Å². The number of carbonyl (C=O) groups excluding carboxylic acids is 2. The third-order valence-electron chi connectivity index (χ3n) is 5.79. The first-order valence-electron chi connectivity index (χ1n) is 8.50. The minimum Gasteiger partial charge on any atom is -0.748 e. The van der Waals surface area contributed by atoms with Gasteiger partial charge in [-0.3, -0.25) is 9.59 Å². The Kier molecular flexibility index (Phi) is 7.10. The SMILES string of the molecule is CC1(C)C2CCC1(CS(=O)(=O)[O-])C(=O)C2.CC[S+](CC)CC(C)=O. The topological polar surface area (TPSA) is 91.3 Å². The maximum Gasteiger partial charge on any atom is 0.178 e. The Balaban J connectivity index is 0.000000277. The van der Waals surface area contributed by atoms with Crippen molar-refractivity contribution in [1.82, 2.24) is 0 Å². The van der Waals surface area contributed by atoms with Crippen LogP contribution in [0.4, 0.5) is 0 Å². The molecule has 2 atom stereocenters. The Bertz CT molecular complexity index is 578. The molecule has 2 bridgehead atoms. The van der Waals surface area contributed by atoms with Crippen molar-refractivity contribution in [3.8, 4) is 0 Å². The van der Waals surface area contributed by atoms with E-state index in [2.05, 4.69) is 13.8 Å². The molecule has 0 N–H and O–H groups in total. The zero-order valence-electron chi connectivity index (χ0n) is 15.4. The van der Waals surface area contributed by atoms with Crippen molar-refractivity contribution in [3.63, 3.8) is 0 Å². The Labute approximate surface area is 149 Å². The average Bonchev–Trinajstić information content (AvgIpc) is 2.77. The minimum absolute atomic E-state index is 0.0248. The maximum atomic E-state index is 11.8. The van der Waals surface area contributed by atoms with E-state index in [9.17, 15) is 22.6 Å². The van der Waals surface area contributed by atoms with Gasteiger partial charge in [-0.05, 0) is 55.8 Å². The Morgan fingerprint density at radius 1 is 1.29 bits per heavy atom. The highest BCUT2D eigenvalue weighted by atomic mass is 32.2. The fraction of sp³-hybridized carbons (Fsp3) is 0.882. The second kappa shape index (κ2) is 7.87. The molecule has 0 aromatic carbocycles.